The Kier molecular flexibility index (Phi) is 3.21. The molecule has 2 atom stereocenters. The zero-order valence-corrected chi connectivity index (χ0v) is 10.7. The Balaban J connectivity index is 1.77. The van der Waals surface area contributed by atoms with Gasteiger partial charge in [-0.3, -0.25) is 0 Å². The Labute approximate surface area is 111 Å². The Hall–Kier alpha value is -1.88. The smallest absolute Gasteiger partial charge is 0.137 e. The molecule has 0 amide bonds. The number of aliphatic hydroxyl groups excluding tert-OH is 1. The van der Waals surface area contributed by atoms with E-state index >= 15 is 0 Å². The van der Waals surface area contributed by atoms with Crippen LogP contribution in [-0.4, -0.2) is 27.7 Å². The number of fused-ring (bicyclic) bond motifs is 1. The van der Waals surface area contributed by atoms with Crippen molar-refractivity contribution >= 4 is 22.4 Å². The summed E-state index contributed by atoms with van der Waals surface area (Å²) in [5.74, 6) is 1.36. The van der Waals surface area contributed by atoms with Gasteiger partial charge in [-0.2, -0.15) is 0 Å². The van der Waals surface area contributed by atoms with E-state index in [2.05, 4.69) is 15.3 Å². The molecule has 0 spiro atoms. The first-order chi connectivity index (χ1) is 9.22. The lowest BCUT2D eigenvalue weighted by Crippen LogP contribution is -2.13. The summed E-state index contributed by atoms with van der Waals surface area (Å²) in [4.78, 5) is 8.51. The molecule has 1 aromatic carbocycles. The second kappa shape index (κ2) is 5.01. The fraction of sp³-hybridized carbons (Fsp3) is 0.429. The van der Waals surface area contributed by atoms with Crippen molar-refractivity contribution in [2.45, 2.75) is 25.4 Å². The molecule has 2 unspecified atom stereocenters. The summed E-state index contributed by atoms with van der Waals surface area (Å²) in [6.07, 6.45) is 4.28. The predicted octanol–water partition coefficient (Wildman–Crippen LogP) is 1.78. The van der Waals surface area contributed by atoms with E-state index in [9.17, 15) is 5.11 Å². The molecule has 5 heteroatoms. The van der Waals surface area contributed by atoms with Crippen LogP contribution in [0.15, 0.2) is 24.5 Å². The van der Waals surface area contributed by atoms with Gasteiger partial charge in [0, 0.05) is 17.6 Å². The third-order valence-corrected chi connectivity index (χ3v) is 3.73. The molecule has 0 radical (unpaired) electrons. The molecule has 5 nitrogen and oxygen atoms in total. The van der Waals surface area contributed by atoms with E-state index in [0.717, 1.165) is 42.5 Å². The zero-order chi connectivity index (χ0) is 13.2. The molecule has 1 heterocycles. The van der Waals surface area contributed by atoms with Crippen LogP contribution in [0.3, 0.4) is 0 Å². The molecular weight excluding hydrogens is 240 g/mol. The first kappa shape index (κ1) is 12.2. The average molecular weight is 258 g/mol. The summed E-state index contributed by atoms with van der Waals surface area (Å²) in [5.41, 5.74) is 7.31. The van der Waals surface area contributed by atoms with Gasteiger partial charge in [0.25, 0.3) is 0 Å². The van der Waals surface area contributed by atoms with Crippen LogP contribution >= 0.6 is 0 Å². The number of aromatic nitrogens is 2. The minimum atomic E-state index is -0.131. The summed E-state index contributed by atoms with van der Waals surface area (Å²) in [6, 6.07) is 5.65. The quantitative estimate of drug-likeness (QED) is 0.731. The first-order valence-corrected chi connectivity index (χ1v) is 6.64. The maximum absolute atomic E-state index is 9.53. The van der Waals surface area contributed by atoms with E-state index in [-0.39, 0.29) is 6.10 Å². The number of rotatable bonds is 3. The Bertz CT molecular complexity index is 587. The lowest BCUT2D eigenvalue weighted by Gasteiger charge is -2.12. The second-order valence-corrected chi connectivity index (χ2v) is 5.21. The number of nitrogens with two attached hydrogens (primary N) is 1. The number of nitrogens with one attached hydrogen (secondary N) is 1. The largest absolute Gasteiger partial charge is 0.399 e. The van der Waals surface area contributed by atoms with Crippen molar-refractivity contribution in [2.24, 2.45) is 5.92 Å². The SMILES string of the molecule is Nc1ccc2c(NCC3CCC(O)C3)ncnc2c1. The highest BCUT2D eigenvalue weighted by molar-refractivity contribution is 5.90. The highest BCUT2D eigenvalue weighted by atomic mass is 16.3. The normalized spacial score (nSPS) is 22.8. The van der Waals surface area contributed by atoms with Gasteiger partial charge in [-0.25, -0.2) is 9.97 Å². The summed E-state index contributed by atoms with van der Waals surface area (Å²) in [5, 5.41) is 13.9. The molecule has 1 fully saturated rings. The fourth-order valence-corrected chi connectivity index (χ4v) is 2.69. The van der Waals surface area contributed by atoms with E-state index < -0.39 is 0 Å². The molecule has 4 N–H and O–H groups in total. The Morgan fingerprint density at radius 3 is 3.00 bits per heavy atom. The lowest BCUT2D eigenvalue weighted by atomic mass is 10.1. The van der Waals surface area contributed by atoms with Crippen LogP contribution in [0.1, 0.15) is 19.3 Å². The fourth-order valence-electron chi connectivity index (χ4n) is 2.69. The van der Waals surface area contributed by atoms with E-state index in [1.807, 2.05) is 18.2 Å². The van der Waals surface area contributed by atoms with Gasteiger partial charge in [-0.05, 0) is 43.4 Å². The van der Waals surface area contributed by atoms with Crippen LogP contribution in [0.2, 0.25) is 0 Å². The maximum Gasteiger partial charge on any atom is 0.137 e. The monoisotopic (exact) mass is 258 g/mol. The maximum atomic E-state index is 9.53. The van der Waals surface area contributed by atoms with Crippen molar-refractivity contribution in [2.75, 3.05) is 17.6 Å². The number of aliphatic hydroxyl groups is 1. The van der Waals surface area contributed by atoms with Crippen LogP contribution < -0.4 is 11.1 Å². The van der Waals surface area contributed by atoms with Gasteiger partial charge >= 0.3 is 0 Å². The van der Waals surface area contributed by atoms with E-state index in [4.69, 9.17) is 5.73 Å². The molecule has 0 saturated heterocycles. The van der Waals surface area contributed by atoms with Crippen molar-refractivity contribution in [3.8, 4) is 0 Å². The van der Waals surface area contributed by atoms with Gasteiger partial charge < -0.3 is 16.2 Å². The van der Waals surface area contributed by atoms with Gasteiger partial charge in [0.1, 0.15) is 12.1 Å². The van der Waals surface area contributed by atoms with Gasteiger partial charge in [-0.1, -0.05) is 0 Å². The van der Waals surface area contributed by atoms with E-state index in [1.54, 1.807) is 6.33 Å². The number of anilines is 2. The molecule has 1 aliphatic rings. The van der Waals surface area contributed by atoms with Crippen molar-refractivity contribution in [3.05, 3.63) is 24.5 Å². The van der Waals surface area contributed by atoms with Crippen LogP contribution in [0.5, 0.6) is 0 Å². The lowest BCUT2D eigenvalue weighted by molar-refractivity contribution is 0.178. The number of nitrogens with zero attached hydrogens (tertiary/aromatic N) is 2. The highest BCUT2D eigenvalue weighted by Gasteiger charge is 2.22. The second-order valence-electron chi connectivity index (χ2n) is 5.21. The number of benzene rings is 1. The first-order valence-electron chi connectivity index (χ1n) is 6.64. The molecular formula is C14H18N4O. The van der Waals surface area contributed by atoms with Crippen LogP contribution in [0.4, 0.5) is 11.5 Å². The molecule has 0 aliphatic heterocycles. The third kappa shape index (κ3) is 2.61. The predicted molar refractivity (Wildman–Crippen MR) is 75.8 cm³/mol. The van der Waals surface area contributed by atoms with Gasteiger partial charge in [0.05, 0.1) is 11.6 Å². The number of hydrogen-bond donors (Lipinski definition) is 3. The molecule has 1 aliphatic carbocycles. The standard InChI is InChI=1S/C14H18N4O/c15-10-2-4-12-13(6-10)17-8-18-14(12)16-7-9-1-3-11(19)5-9/h2,4,6,8-9,11,19H,1,3,5,7,15H2,(H,16,17,18). The summed E-state index contributed by atoms with van der Waals surface area (Å²) in [6.45, 7) is 0.841. The summed E-state index contributed by atoms with van der Waals surface area (Å²) < 4.78 is 0. The topological polar surface area (TPSA) is 84.1 Å². The molecule has 2 aromatic rings. The van der Waals surface area contributed by atoms with Crippen molar-refractivity contribution < 1.29 is 5.11 Å². The Morgan fingerprint density at radius 1 is 1.32 bits per heavy atom. The molecule has 0 bridgehead atoms. The minimum Gasteiger partial charge on any atom is -0.399 e. The van der Waals surface area contributed by atoms with Crippen molar-refractivity contribution in [1.82, 2.24) is 9.97 Å². The van der Waals surface area contributed by atoms with Gasteiger partial charge in [0.15, 0.2) is 0 Å². The van der Waals surface area contributed by atoms with Crippen molar-refractivity contribution in [1.29, 1.82) is 0 Å². The molecule has 1 aromatic heterocycles. The summed E-state index contributed by atoms with van der Waals surface area (Å²) in [7, 11) is 0. The van der Waals surface area contributed by atoms with Crippen LogP contribution in [0, 0.1) is 5.92 Å². The highest BCUT2D eigenvalue weighted by Crippen LogP contribution is 2.27. The summed E-state index contributed by atoms with van der Waals surface area (Å²) >= 11 is 0. The van der Waals surface area contributed by atoms with Crippen LogP contribution in [-0.2, 0) is 0 Å². The molecule has 1 saturated carbocycles. The third-order valence-electron chi connectivity index (χ3n) is 3.73. The van der Waals surface area contributed by atoms with Gasteiger partial charge in [-0.15, -0.1) is 0 Å². The van der Waals surface area contributed by atoms with E-state index in [0.29, 0.717) is 11.6 Å². The number of hydrogen-bond acceptors (Lipinski definition) is 5. The van der Waals surface area contributed by atoms with Crippen molar-refractivity contribution in [3.63, 3.8) is 0 Å². The Morgan fingerprint density at radius 2 is 2.21 bits per heavy atom. The van der Waals surface area contributed by atoms with E-state index in [1.165, 1.54) is 0 Å². The molecule has 100 valence electrons. The molecule has 3 rings (SSSR count). The zero-order valence-electron chi connectivity index (χ0n) is 10.7. The molecule has 19 heavy (non-hydrogen) atoms. The number of nitrogen functional groups attached to an aromatic ring is 1. The average Bonchev–Trinajstić information content (AvgIpc) is 2.81. The van der Waals surface area contributed by atoms with Gasteiger partial charge in [0.2, 0.25) is 0 Å². The minimum absolute atomic E-state index is 0.131. The van der Waals surface area contributed by atoms with Crippen LogP contribution in [0.25, 0.3) is 10.9 Å².